The lowest BCUT2D eigenvalue weighted by atomic mass is 9.99. The average Bonchev–Trinajstić information content (AvgIpc) is 2.96. The Kier molecular flexibility index (Phi) is 3.32. The standard InChI is InChI=1S/C20H13BrO/c21-16-12-10-14(11-13-16)19-17-8-4-5-9-18(17)22-20(19)15-6-2-1-3-7-15/h1-13H. The molecule has 0 saturated carbocycles. The number of benzene rings is 3. The second-order valence-corrected chi connectivity index (χ2v) is 6.09. The van der Waals surface area contributed by atoms with Gasteiger partial charge in [-0.2, -0.15) is 0 Å². The normalized spacial score (nSPS) is 11.0. The Labute approximate surface area is 137 Å². The number of hydrogen-bond acceptors (Lipinski definition) is 1. The molecule has 0 amide bonds. The molecular weight excluding hydrogens is 336 g/mol. The highest BCUT2D eigenvalue weighted by Gasteiger charge is 2.16. The zero-order valence-electron chi connectivity index (χ0n) is 11.8. The largest absolute Gasteiger partial charge is 0.455 e. The van der Waals surface area contributed by atoms with Crippen LogP contribution in [0.3, 0.4) is 0 Å². The van der Waals surface area contributed by atoms with Crippen molar-refractivity contribution < 1.29 is 4.42 Å². The highest BCUT2D eigenvalue weighted by Crippen LogP contribution is 2.40. The summed E-state index contributed by atoms with van der Waals surface area (Å²) in [5, 5.41) is 1.14. The van der Waals surface area contributed by atoms with Crippen LogP contribution in [-0.2, 0) is 0 Å². The molecule has 0 saturated heterocycles. The number of hydrogen-bond donors (Lipinski definition) is 0. The fourth-order valence-electron chi connectivity index (χ4n) is 2.74. The molecule has 1 nitrogen and oxygen atoms in total. The monoisotopic (exact) mass is 348 g/mol. The molecule has 0 radical (unpaired) electrons. The molecule has 3 aromatic carbocycles. The lowest BCUT2D eigenvalue weighted by Gasteiger charge is -2.04. The maximum absolute atomic E-state index is 6.16. The van der Waals surface area contributed by atoms with Crippen LogP contribution >= 0.6 is 15.9 Å². The van der Waals surface area contributed by atoms with Crippen molar-refractivity contribution in [2.75, 3.05) is 0 Å². The smallest absolute Gasteiger partial charge is 0.143 e. The Bertz CT molecular complexity index is 921. The number of furan rings is 1. The highest BCUT2D eigenvalue weighted by molar-refractivity contribution is 9.10. The Morgan fingerprint density at radius 2 is 1.32 bits per heavy atom. The summed E-state index contributed by atoms with van der Waals surface area (Å²) < 4.78 is 7.23. The van der Waals surface area contributed by atoms with Gasteiger partial charge in [0, 0.05) is 21.0 Å². The van der Waals surface area contributed by atoms with Crippen molar-refractivity contribution in [1.82, 2.24) is 0 Å². The van der Waals surface area contributed by atoms with Gasteiger partial charge in [0.1, 0.15) is 11.3 Å². The highest BCUT2D eigenvalue weighted by atomic mass is 79.9. The first kappa shape index (κ1) is 13.4. The van der Waals surface area contributed by atoms with E-state index < -0.39 is 0 Å². The van der Waals surface area contributed by atoms with Crippen molar-refractivity contribution in [3.05, 3.63) is 83.3 Å². The quantitative estimate of drug-likeness (QED) is 0.401. The summed E-state index contributed by atoms with van der Waals surface area (Å²) in [6.45, 7) is 0. The summed E-state index contributed by atoms with van der Waals surface area (Å²) in [6.07, 6.45) is 0. The van der Waals surface area contributed by atoms with Gasteiger partial charge < -0.3 is 4.42 Å². The number of rotatable bonds is 2. The number of para-hydroxylation sites is 1. The summed E-state index contributed by atoms with van der Waals surface area (Å²) >= 11 is 3.50. The molecule has 0 aliphatic heterocycles. The fraction of sp³-hybridized carbons (Fsp3) is 0. The Balaban J connectivity index is 2.04. The summed E-state index contributed by atoms with van der Waals surface area (Å²) in [5.41, 5.74) is 4.32. The molecule has 1 aromatic heterocycles. The Hall–Kier alpha value is -2.32. The molecule has 0 spiro atoms. The van der Waals surface area contributed by atoms with Gasteiger partial charge in [-0.1, -0.05) is 76.6 Å². The van der Waals surface area contributed by atoms with Gasteiger partial charge in [-0.3, -0.25) is 0 Å². The molecule has 0 atom stereocenters. The zero-order valence-corrected chi connectivity index (χ0v) is 13.4. The van der Waals surface area contributed by atoms with E-state index in [9.17, 15) is 0 Å². The molecule has 4 rings (SSSR count). The van der Waals surface area contributed by atoms with E-state index in [1.54, 1.807) is 0 Å². The van der Waals surface area contributed by atoms with Crippen molar-refractivity contribution in [3.63, 3.8) is 0 Å². The maximum Gasteiger partial charge on any atom is 0.143 e. The predicted octanol–water partition coefficient (Wildman–Crippen LogP) is 6.53. The molecule has 106 valence electrons. The minimum Gasteiger partial charge on any atom is -0.455 e. The summed E-state index contributed by atoms with van der Waals surface area (Å²) in [4.78, 5) is 0. The molecule has 1 heterocycles. The molecule has 0 unspecified atom stereocenters. The zero-order chi connectivity index (χ0) is 14.9. The van der Waals surface area contributed by atoms with Crippen LogP contribution in [-0.4, -0.2) is 0 Å². The first-order chi connectivity index (χ1) is 10.8. The molecular formula is C20H13BrO. The van der Waals surface area contributed by atoms with Crippen LogP contribution < -0.4 is 0 Å². The van der Waals surface area contributed by atoms with Crippen molar-refractivity contribution >= 4 is 26.9 Å². The SMILES string of the molecule is Brc1ccc(-c2c(-c3ccccc3)oc3ccccc23)cc1. The van der Waals surface area contributed by atoms with Crippen LogP contribution in [0.15, 0.2) is 87.8 Å². The van der Waals surface area contributed by atoms with E-state index in [-0.39, 0.29) is 0 Å². The van der Waals surface area contributed by atoms with Crippen LogP contribution in [0, 0.1) is 0 Å². The van der Waals surface area contributed by atoms with Crippen molar-refractivity contribution in [2.24, 2.45) is 0 Å². The summed E-state index contributed by atoms with van der Waals surface area (Å²) in [7, 11) is 0. The Morgan fingerprint density at radius 3 is 2.09 bits per heavy atom. The van der Waals surface area contributed by atoms with Gasteiger partial charge in [0.2, 0.25) is 0 Å². The topological polar surface area (TPSA) is 13.1 Å². The van der Waals surface area contributed by atoms with E-state index in [0.717, 1.165) is 37.9 Å². The van der Waals surface area contributed by atoms with Gasteiger partial charge in [-0.15, -0.1) is 0 Å². The molecule has 0 bridgehead atoms. The number of fused-ring (bicyclic) bond motifs is 1. The third-order valence-electron chi connectivity index (χ3n) is 3.76. The van der Waals surface area contributed by atoms with Gasteiger partial charge in [0.25, 0.3) is 0 Å². The van der Waals surface area contributed by atoms with Crippen molar-refractivity contribution in [2.45, 2.75) is 0 Å². The van der Waals surface area contributed by atoms with E-state index in [1.807, 2.05) is 30.3 Å². The van der Waals surface area contributed by atoms with E-state index >= 15 is 0 Å². The first-order valence-corrected chi connectivity index (χ1v) is 7.95. The van der Waals surface area contributed by atoms with Gasteiger partial charge in [-0.25, -0.2) is 0 Å². The first-order valence-electron chi connectivity index (χ1n) is 7.16. The van der Waals surface area contributed by atoms with Gasteiger partial charge >= 0.3 is 0 Å². The van der Waals surface area contributed by atoms with Crippen LogP contribution in [0.1, 0.15) is 0 Å². The fourth-order valence-corrected chi connectivity index (χ4v) is 3.01. The molecule has 22 heavy (non-hydrogen) atoms. The molecule has 2 heteroatoms. The lowest BCUT2D eigenvalue weighted by Crippen LogP contribution is -1.80. The van der Waals surface area contributed by atoms with Crippen molar-refractivity contribution in [3.8, 4) is 22.5 Å². The van der Waals surface area contributed by atoms with E-state index in [1.165, 1.54) is 0 Å². The van der Waals surface area contributed by atoms with Gasteiger partial charge in [-0.05, 0) is 23.8 Å². The lowest BCUT2D eigenvalue weighted by molar-refractivity contribution is 0.632. The second kappa shape index (κ2) is 5.47. The molecule has 0 aliphatic rings. The molecule has 0 aliphatic carbocycles. The molecule has 0 fully saturated rings. The predicted molar refractivity (Wildman–Crippen MR) is 94.8 cm³/mol. The van der Waals surface area contributed by atoms with Crippen LogP contribution in [0.25, 0.3) is 33.4 Å². The van der Waals surface area contributed by atoms with E-state index in [2.05, 4.69) is 64.5 Å². The minimum atomic E-state index is 0.916. The second-order valence-electron chi connectivity index (χ2n) is 5.18. The maximum atomic E-state index is 6.16. The van der Waals surface area contributed by atoms with Crippen LogP contribution in [0.4, 0.5) is 0 Å². The summed E-state index contributed by atoms with van der Waals surface area (Å²) in [6, 6.07) is 26.8. The van der Waals surface area contributed by atoms with Gasteiger partial charge in [0.15, 0.2) is 0 Å². The van der Waals surface area contributed by atoms with Gasteiger partial charge in [0.05, 0.1) is 0 Å². The Morgan fingerprint density at radius 1 is 0.636 bits per heavy atom. The minimum absolute atomic E-state index is 0.916. The third-order valence-corrected chi connectivity index (χ3v) is 4.29. The van der Waals surface area contributed by atoms with Crippen molar-refractivity contribution in [1.29, 1.82) is 0 Å². The van der Waals surface area contributed by atoms with E-state index in [0.29, 0.717) is 0 Å². The molecule has 4 aromatic rings. The summed E-state index contributed by atoms with van der Waals surface area (Å²) in [5.74, 6) is 0.920. The van der Waals surface area contributed by atoms with E-state index in [4.69, 9.17) is 4.42 Å². The van der Waals surface area contributed by atoms with Crippen LogP contribution in [0.2, 0.25) is 0 Å². The van der Waals surface area contributed by atoms with Crippen LogP contribution in [0.5, 0.6) is 0 Å². The average molecular weight is 349 g/mol. The third kappa shape index (κ3) is 2.26. The number of halogens is 1. The molecule has 0 N–H and O–H groups in total.